The number of likely N-dealkylation sites (tertiary alicyclic amines) is 1. The molecule has 0 saturated carbocycles. The molecule has 1 aromatic carbocycles. The standard InChI is InChI=1S/C27H32N4O3.ClH/c1-3-4-17-34-27(33)20-10-12-21(13-11-20)30-24-22-14-9-19(2)29-25(22)28-18-23(24)26(32)31-15-7-5-6-8-16-31;/h9-14,18H,3-8,15-17H2,1-2H3,(H,28,29,30);1H. The summed E-state index contributed by atoms with van der Waals surface area (Å²) in [6, 6.07) is 11.0. The van der Waals surface area contributed by atoms with E-state index in [9.17, 15) is 9.59 Å². The van der Waals surface area contributed by atoms with Crippen molar-refractivity contribution in [3.05, 3.63) is 59.4 Å². The van der Waals surface area contributed by atoms with Gasteiger partial charge in [-0.2, -0.15) is 0 Å². The lowest BCUT2D eigenvalue weighted by atomic mass is 10.1. The van der Waals surface area contributed by atoms with Crippen LogP contribution in [0.3, 0.4) is 0 Å². The summed E-state index contributed by atoms with van der Waals surface area (Å²) in [4.78, 5) is 36.7. The Hall–Kier alpha value is -3.19. The van der Waals surface area contributed by atoms with Crippen molar-refractivity contribution in [2.75, 3.05) is 25.0 Å². The molecule has 8 heteroatoms. The van der Waals surface area contributed by atoms with Crippen LogP contribution in [0.25, 0.3) is 11.0 Å². The summed E-state index contributed by atoms with van der Waals surface area (Å²) >= 11 is 0. The van der Waals surface area contributed by atoms with Crippen LogP contribution in [0.4, 0.5) is 11.4 Å². The van der Waals surface area contributed by atoms with Gasteiger partial charge in [-0.1, -0.05) is 26.2 Å². The third-order valence-electron chi connectivity index (χ3n) is 6.11. The smallest absolute Gasteiger partial charge is 0.338 e. The van der Waals surface area contributed by atoms with Gasteiger partial charge in [-0.05, 0) is 62.6 Å². The molecule has 0 bridgehead atoms. The topological polar surface area (TPSA) is 84.4 Å². The summed E-state index contributed by atoms with van der Waals surface area (Å²) in [6.45, 7) is 5.92. The van der Waals surface area contributed by atoms with Gasteiger partial charge in [0.25, 0.3) is 5.91 Å². The van der Waals surface area contributed by atoms with Crippen molar-refractivity contribution >= 4 is 46.7 Å². The maximum absolute atomic E-state index is 13.5. The Morgan fingerprint density at radius 3 is 2.43 bits per heavy atom. The maximum Gasteiger partial charge on any atom is 0.338 e. The number of amides is 1. The number of nitrogens with zero attached hydrogens (tertiary/aromatic N) is 3. The first-order valence-corrected chi connectivity index (χ1v) is 12.2. The molecular formula is C27H33ClN4O3. The van der Waals surface area contributed by atoms with Gasteiger partial charge in [-0.15, -0.1) is 12.4 Å². The van der Waals surface area contributed by atoms with Gasteiger partial charge in [-0.3, -0.25) is 4.79 Å². The second-order valence-corrected chi connectivity index (χ2v) is 8.77. The van der Waals surface area contributed by atoms with Gasteiger partial charge in [0, 0.05) is 36.1 Å². The number of ether oxygens (including phenoxy) is 1. The van der Waals surface area contributed by atoms with E-state index in [2.05, 4.69) is 22.2 Å². The first-order chi connectivity index (χ1) is 16.6. The number of fused-ring (bicyclic) bond motifs is 1. The van der Waals surface area contributed by atoms with Crippen molar-refractivity contribution in [3.8, 4) is 0 Å². The van der Waals surface area contributed by atoms with Crippen LogP contribution in [0.5, 0.6) is 0 Å². The highest BCUT2D eigenvalue weighted by atomic mass is 35.5. The molecular weight excluding hydrogens is 464 g/mol. The Kier molecular flexibility index (Phi) is 9.43. The predicted molar refractivity (Wildman–Crippen MR) is 141 cm³/mol. The highest BCUT2D eigenvalue weighted by Crippen LogP contribution is 2.30. The first-order valence-electron chi connectivity index (χ1n) is 12.2. The number of esters is 1. The number of aromatic nitrogens is 2. The molecule has 3 aromatic rings. The van der Waals surface area contributed by atoms with Gasteiger partial charge in [0.05, 0.1) is 23.4 Å². The Morgan fingerprint density at radius 1 is 1.03 bits per heavy atom. The number of carbonyl (C=O) groups excluding carboxylic acids is 2. The summed E-state index contributed by atoms with van der Waals surface area (Å²) in [5, 5.41) is 4.20. The van der Waals surface area contributed by atoms with E-state index in [0.29, 0.717) is 29.1 Å². The summed E-state index contributed by atoms with van der Waals surface area (Å²) in [5.74, 6) is -0.346. The minimum absolute atomic E-state index is 0. The highest BCUT2D eigenvalue weighted by Gasteiger charge is 2.23. The van der Waals surface area contributed by atoms with Gasteiger partial charge in [-0.25, -0.2) is 14.8 Å². The molecule has 3 heterocycles. The number of nitrogens with one attached hydrogen (secondary N) is 1. The van der Waals surface area contributed by atoms with Crippen LogP contribution in [-0.4, -0.2) is 46.4 Å². The van der Waals surface area contributed by atoms with E-state index in [1.54, 1.807) is 18.3 Å². The molecule has 1 aliphatic heterocycles. The number of aryl methyl sites for hydroxylation is 1. The summed E-state index contributed by atoms with van der Waals surface area (Å²) in [6.07, 6.45) is 7.80. The Balaban J connectivity index is 0.00000342. The summed E-state index contributed by atoms with van der Waals surface area (Å²) in [5.41, 5.74) is 3.94. The molecule has 1 saturated heterocycles. The molecule has 35 heavy (non-hydrogen) atoms. The number of hydrogen-bond acceptors (Lipinski definition) is 6. The molecule has 2 aromatic heterocycles. The van der Waals surface area contributed by atoms with E-state index < -0.39 is 0 Å². The fourth-order valence-electron chi connectivity index (χ4n) is 4.14. The van der Waals surface area contributed by atoms with E-state index in [4.69, 9.17) is 4.74 Å². The van der Waals surface area contributed by atoms with Crippen LogP contribution in [0.1, 0.15) is 71.9 Å². The van der Waals surface area contributed by atoms with Crippen molar-refractivity contribution in [1.82, 2.24) is 14.9 Å². The van der Waals surface area contributed by atoms with Gasteiger partial charge in [0.2, 0.25) is 0 Å². The molecule has 0 aliphatic carbocycles. The fourth-order valence-corrected chi connectivity index (χ4v) is 4.14. The number of pyridine rings is 2. The van der Waals surface area contributed by atoms with Crippen LogP contribution in [0.2, 0.25) is 0 Å². The van der Waals surface area contributed by atoms with Crippen LogP contribution >= 0.6 is 12.4 Å². The van der Waals surface area contributed by atoms with E-state index in [0.717, 1.165) is 68.4 Å². The zero-order valence-electron chi connectivity index (χ0n) is 20.4. The van der Waals surface area contributed by atoms with Crippen molar-refractivity contribution in [2.45, 2.75) is 52.4 Å². The molecule has 0 radical (unpaired) electrons. The SMILES string of the molecule is CCCCOC(=O)c1ccc(Nc2c(C(=O)N3CCCCCC3)cnc3nc(C)ccc23)cc1.Cl. The lowest BCUT2D eigenvalue weighted by molar-refractivity contribution is 0.0499. The van der Waals surface area contributed by atoms with Crippen LogP contribution in [-0.2, 0) is 4.74 Å². The largest absolute Gasteiger partial charge is 0.462 e. The molecule has 1 aliphatic rings. The van der Waals surface area contributed by atoms with Crippen molar-refractivity contribution in [3.63, 3.8) is 0 Å². The Labute approximate surface area is 212 Å². The van der Waals surface area contributed by atoms with E-state index in [1.807, 2.05) is 36.1 Å². The van der Waals surface area contributed by atoms with Crippen LogP contribution in [0.15, 0.2) is 42.6 Å². The average Bonchev–Trinajstić information content (AvgIpc) is 3.14. The molecule has 1 fully saturated rings. The number of halogens is 1. The molecule has 0 spiro atoms. The lowest BCUT2D eigenvalue weighted by Crippen LogP contribution is -2.32. The van der Waals surface area contributed by atoms with Crippen molar-refractivity contribution in [1.29, 1.82) is 0 Å². The minimum Gasteiger partial charge on any atom is -0.462 e. The predicted octanol–water partition coefficient (Wildman–Crippen LogP) is 6.08. The summed E-state index contributed by atoms with van der Waals surface area (Å²) in [7, 11) is 0. The lowest BCUT2D eigenvalue weighted by Gasteiger charge is -2.22. The first kappa shape index (κ1) is 26.4. The Bertz CT molecular complexity index is 1160. The fraction of sp³-hybridized carbons (Fsp3) is 0.407. The van der Waals surface area contributed by atoms with Gasteiger partial charge in [0.15, 0.2) is 5.65 Å². The number of benzene rings is 1. The normalized spacial score (nSPS) is 13.6. The van der Waals surface area contributed by atoms with Gasteiger partial charge < -0.3 is 15.0 Å². The van der Waals surface area contributed by atoms with Crippen molar-refractivity contribution in [2.24, 2.45) is 0 Å². The molecule has 186 valence electrons. The zero-order chi connectivity index (χ0) is 23.9. The zero-order valence-corrected chi connectivity index (χ0v) is 21.2. The average molecular weight is 497 g/mol. The number of carbonyl (C=O) groups is 2. The molecule has 1 amide bonds. The molecule has 7 nitrogen and oxygen atoms in total. The third kappa shape index (κ3) is 6.48. The molecule has 4 rings (SSSR count). The van der Waals surface area contributed by atoms with E-state index in [1.165, 1.54) is 0 Å². The molecule has 0 unspecified atom stereocenters. The number of unbranched alkanes of at least 4 members (excludes halogenated alkanes) is 1. The molecule has 0 atom stereocenters. The van der Waals surface area contributed by atoms with Crippen LogP contribution < -0.4 is 5.32 Å². The molecule has 1 N–H and O–H groups in total. The minimum atomic E-state index is -0.328. The quantitative estimate of drug-likeness (QED) is 0.315. The number of rotatable bonds is 7. The third-order valence-corrected chi connectivity index (χ3v) is 6.11. The van der Waals surface area contributed by atoms with E-state index >= 15 is 0 Å². The highest BCUT2D eigenvalue weighted by molar-refractivity contribution is 6.07. The van der Waals surface area contributed by atoms with Gasteiger partial charge in [0.1, 0.15) is 0 Å². The van der Waals surface area contributed by atoms with Crippen molar-refractivity contribution < 1.29 is 14.3 Å². The maximum atomic E-state index is 13.5. The second-order valence-electron chi connectivity index (χ2n) is 8.77. The Morgan fingerprint density at radius 2 is 1.74 bits per heavy atom. The number of anilines is 2. The second kappa shape index (κ2) is 12.5. The van der Waals surface area contributed by atoms with Crippen LogP contribution in [0, 0.1) is 6.92 Å². The number of hydrogen-bond donors (Lipinski definition) is 1. The monoisotopic (exact) mass is 496 g/mol. The van der Waals surface area contributed by atoms with Gasteiger partial charge >= 0.3 is 5.97 Å². The summed E-state index contributed by atoms with van der Waals surface area (Å²) < 4.78 is 5.30. The van der Waals surface area contributed by atoms with E-state index in [-0.39, 0.29) is 24.3 Å².